The standard InChI is InChI=1S/C14H25N3O/c1-2-3-4-5-6-9-12-16-13(17-18-12)14(15)10-7-8-11-14/h2-11,15H2,1H3. The molecule has 4 nitrogen and oxygen atoms in total. The molecule has 0 unspecified atom stereocenters. The lowest BCUT2D eigenvalue weighted by Gasteiger charge is -2.17. The minimum absolute atomic E-state index is 0.316. The summed E-state index contributed by atoms with van der Waals surface area (Å²) in [4.78, 5) is 4.48. The van der Waals surface area contributed by atoms with Crippen LogP contribution < -0.4 is 5.73 Å². The van der Waals surface area contributed by atoms with Gasteiger partial charge in [0.25, 0.3) is 0 Å². The van der Waals surface area contributed by atoms with Crippen molar-refractivity contribution in [2.24, 2.45) is 5.73 Å². The summed E-state index contributed by atoms with van der Waals surface area (Å²) >= 11 is 0. The average Bonchev–Trinajstić information content (AvgIpc) is 2.99. The maximum atomic E-state index is 6.30. The van der Waals surface area contributed by atoms with Crippen LogP contribution in [-0.2, 0) is 12.0 Å². The third-order valence-electron chi connectivity index (χ3n) is 3.90. The lowest BCUT2D eigenvalue weighted by molar-refractivity contribution is 0.346. The molecular formula is C14H25N3O. The highest BCUT2D eigenvalue weighted by atomic mass is 16.5. The van der Waals surface area contributed by atoms with Gasteiger partial charge in [-0.3, -0.25) is 0 Å². The van der Waals surface area contributed by atoms with Crippen LogP contribution in [0.2, 0.25) is 0 Å². The number of aryl methyl sites for hydroxylation is 1. The number of rotatable bonds is 7. The zero-order valence-corrected chi connectivity index (χ0v) is 11.5. The molecule has 1 heterocycles. The second kappa shape index (κ2) is 6.32. The molecule has 1 saturated carbocycles. The van der Waals surface area contributed by atoms with Crippen molar-refractivity contribution in [3.63, 3.8) is 0 Å². The summed E-state index contributed by atoms with van der Waals surface area (Å²) in [7, 11) is 0. The van der Waals surface area contributed by atoms with E-state index >= 15 is 0 Å². The Morgan fingerprint density at radius 1 is 1.17 bits per heavy atom. The molecule has 2 N–H and O–H groups in total. The summed E-state index contributed by atoms with van der Waals surface area (Å²) < 4.78 is 5.31. The molecule has 0 aromatic carbocycles. The monoisotopic (exact) mass is 251 g/mol. The van der Waals surface area contributed by atoms with E-state index < -0.39 is 0 Å². The maximum absolute atomic E-state index is 6.30. The highest BCUT2D eigenvalue weighted by Gasteiger charge is 2.35. The van der Waals surface area contributed by atoms with Gasteiger partial charge in [0.15, 0.2) is 5.82 Å². The molecule has 1 aromatic heterocycles. The van der Waals surface area contributed by atoms with Crippen molar-refractivity contribution in [2.75, 3.05) is 0 Å². The van der Waals surface area contributed by atoms with Crippen LogP contribution in [-0.4, -0.2) is 10.1 Å². The van der Waals surface area contributed by atoms with Gasteiger partial charge in [0.2, 0.25) is 5.89 Å². The van der Waals surface area contributed by atoms with E-state index in [0.29, 0.717) is 0 Å². The Bertz CT molecular complexity index is 356. The Balaban J connectivity index is 1.79. The van der Waals surface area contributed by atoms with Crippen LogP contribution in [0, 0.1) is 0 Å². The molecule has 0 aliphatic heterocycles. The van der Waals surface area contributed by atoms with E-state index in [0.717, 1.165) is 37.4 Å². The summed E-state index contributed by atoms with van der Waals surface area (Å²) in [5.41, 5.74) is 5.99. The van der Waals surface area contributed by atoms with E-state index in [2.05, 4.69) is 17.1 Å². The first-order valence-corrected chi connectivity index (χ1v) is 7.36. The van der Waals surface area contributed by atoms with Gasteiger partial charge >= 0.3 is 0 Å². The quantitative estimate of drug-likeness (QED) is 0.755. The fraction of sp³-hybridized carbons (Fsp3) is 0.857. The normalized spacial score (nSPS) is 18.3. The Labute approximate surface area is 109 Å². The smallest absolute Gasteiger partial charge is 0.226 e. The highest BCUT2D eigenvalue weighted by molar-refractivity contribution is 5.06. The maximum Gasteiger partial charge on any atom is 0.226 e. The van der Waals surface area contributed by atoms with Gasteiger partial charge < -0.3 is 10.3 Å². The number of nitrogens with two attached hydrogens (primary N) is 1. The molecule has 102 valence electrons. The van der Waals surface area contributed by atoms with E-state index in [9.17, 15) is 0 Å². The molecule has 18 heavy (non-hydrogen) atoms. The van der Waals surface area contributed by atoms with E-state index in [4.69, 9.17) is 10.3 Å². The molecule has 1 aromatic rings. The fourth-order valence-electron chi connectivity index (χ4n) is 2.67. The summed E-state index contributed by atoms with van der Waals surface area (Å²) in [6, 6.07) is 0. The van der Waals surface area contributed by atoms with Gasteiger partial charge in [-0.15, -0.1) is 0 Å². The van der Waals surface area contributed by atoms with E-state index in [1.165, 1.54) is 38.5 Å². The molecule has 0 bridgehead atoms. The Morgan fingerprint density at radius 3 is 2.61 bits per heavy atom. The second-order valence-electron chi connectivity index (χ2n) is 5.54. The van der Waals surface area contributed by atoms with E-state index in [-0.39, 0.29) is 5.54 Å². The molecule has 1 aliphatic carbocycles. The Kier molecular flexibility index (Phi) is 4.75. The second-order valence-corrected chi connectivity index (χ2v) is 5.54. The van der Waals surface area contributed by atoms with Crippen LogP contribution in [0.25, 0.3) is 0 Å². The van der Waals surface area contributed by atoms with Crippen molar-refractivity contribution in [3.05, 3.63) is 11.7 Å². The van der Waals surface area contributed by atoms with E-state index in [1.807, 2.05) is 0 Å². The van der Waals surface area contributed by atoms with Crippen molar-refractivity contribution >= 4 is 0 Å². The Morgan fingerprint density at radius 2 is 1.89 bits per heavy atom. The topological polar surface area (TPSA) is 64.9 Å². The van der Waals surface area contributed by atoms with Crippen LogP contribution in [0.1, 0.15) is 76.4 Å². The Hall–Kier alpha value is -0.900. The number of hydrogen-bond acceptors (Lipinski definition) is 4. The largest absolute Gasteiger partial charge is 0.339 e. The van der Waals surface area contributed by atoms with Gasteiger partial charge in [-0.1, -0.05) is 50.6 Å². The van der Waals surface area contributed by atoms with Crippen molar-refractivity contribution in [1.29, 1.82) is 0 Å². The zero-order valence-electron chi connectivity index (χ0n) is 11.5. The molecule has 0 spiro atoms. The molecule has 0 radical (unpaired) electrons. The molecule has 4 heteroatoms. The summed E-state index contributed by atoms with van der Waals surface area (Å²) in [5.74, 6) is 1.49. The van der Waals surface area contributed by atoms with Crippen molar-refractivity contribution in [2.45, 2.75) is 76.7 Å². The summed E-state index contributed by atoms with van der Waals surface area (Å²) in [6.07, 6.45) is 11.5. The molecule has 0 amide bonds. The predicted octanol–water partition coefficient (Wildman–Crippen LogP) is 3.31. The number of nitrogens with zero attached hydrogens (tertiary/aromatic N) is 2. The average molecular weight is 251 g/mol. The highest BCUT2D eigenvalue weighted by Crippen LogP contribution is 2.34. The lowest BCUT2D eigenvalue weighted by atomic mass is 9.99. The van der Waals surface area contributed by atoms with Crippen molar-refractivity contribution in [1.82, 2.24) is 10.1 Å². The predicted molar refractivity (Wildman–Crippen MR) is 71.1 cm³/mol. The third kappa shape index (κ3) is 3.31. The van der Waals surface area contributed by atoms with Crippen LogP contribution in [0.15, 0.2) is 4.52 Å². The van der Waals surface area contributed by atoms with Crippen LogP contribution >= 0.6 is 0 Å². The van der Waals surface area contributed by atoms with Gasteiger partial charge in [0.05, 0.1) is 5.54 Å². The molecule has 2 rings (SSSR count). The SMILES string of the molecule is CCCCCCCc1nc(C2(N)CCCC2)no1. The number of unbranched alkanes of at least 4 members (excludes halogenated alkanes) is 4. The van der Waals surface area contributed by atoms with Crippen LogP contribution in [0.3, 0.4) is 0 Å². The molecular weight excluding hydrogens is 226 g/mol. The minimum atomic E-state index is -0.316. The van der Waals surface area contributed by atoms with Gasteiger partial charge in [0.1, 0.15) is 0 Å². The first-order valence-electron chi connectivity index (χ1n) is 7.36. The zero-order chi connectivity index (χ0) is 12.8. The van der Waals surface area contributed by atoms with Crippen LogP contribution in [0.5, 0.6) is 0 Å². The van der Waals surface area contributed by atoms with E-state index in [1.54, 1.807) is 0 Å². The van der Waals surface area contributed by atoms with Crippen LogP contribution in [0.4, 0.5) is 0 Å². The van der Waals surface area contributed by atoms with Gasteiger partial charge in [-0.05, 0) is 19.3 Å². The first-order chi connectivity index (χ1) is 8.74. The van der Waals surface area contributed by atoms with Crippen molar-refractivity contribution < 1.29 is 4.52 Å². The van der Waals surface area contributed by atoms with Crippen molar-refractivity contribution in [3.8, 4) is 0 Å². The van der Waals surface area contributed by atoms with Gasteiger partial charge in [-0.2, -0.15) is 4.98 Å². The summed E-state index contributed by atoms with van der Waals surface area (Å²) in [6.45, 7) is 2.23. The number of aromatic nitrogens is 2. The number of hydrogen-bond donors (Lipinski definition) is 1. The van der Waals surface area contributed by atoms with Gasteiger partial charge in [0, 0.05) is 6.42 Å². The lowest BCUT2D eigenvalue weighted by Crippen LogP contribution is -2.34. The first kappa shape index (κ1) is 13.5. The third-order valence-corrected chi connectivity index (χ3v) is 3.90. The molecule has 0 atom stereocenters. The molecule has 1 aliphatic rings. The summed E-state index contributed by atoms with van der Waals surface area (Å²) in [5, 5.41) is 4.07. The molecule has 1 fully saturated rings. The van der Waals surface area contributed by atoms with Gasteiger partial charge in [-0.25, -0.2) is 0 Å². The fourth-order valence-corrected chi connectivity index (χ4v) is 2.67. The minimum Gasteiger partial charge on any atom is -0.339 e. The molecule has 0 saturated heterocycles.